The number of hydrogen-bond donors (Lipinski definition) is 0. The van der Waals surface area contributed by atoms with Crippen molar-refractivity contribution in [3.8, 4) is 0 Å². The molecular formula is C3H6ClFO2S. The van der Waals surface area contributed by atoms with Crippen LogP contribution < -0.4 is 0 Å². The molecule has 0 rings (SSSR count). The maximum atomic E-state index is 11.7. The minimum atomic E-state index is -3.63. The number of alkyl halides is 1. The van der Waals surface area contributed by atoms with Crippen LogP contribution in [0.4, 0.5) is 4.39 Å². The van der Waals surface area contributed by atoms with E-state index >= 15 is 0 Å². The summed E-state index contributed by atoms with van der Waals surface area (Å²) in [4.78, 5) is 0. The van der Waals surface area contributed by atoms with Crippen molar-refractivity contribution in [1.82, 2.24) is 0 Å². The van der Waals surface area contributed by atoms with Crippen LogP contribution in [0.2, 0.25) is 0 Å². The summed E-state index contributed by atoms with van der Waals surface area (Å²) in [6, 6.07) is 0. The van der Waals surface area contributed by atoms with Gasteiger partial charge in [-0.25, -0.2) is 12.8 Å². The zero-order chi connectivity index (χ0) is 6.78. The Labute approximate surface area is 52.1 Å². The van der Waals surface area contributed by atoms with Gasteiger partial charge in [0.1, 0.15) is 6.17 Å². The average Bonchev–Trinajstić information content (AvgIpc) is 1.21. The van der Waals surface area contributed by atoms with Gasteiger partial charge in [-0.3, -0.25) is 0 Å². The lowest BCUT2D eigenvalue weighted by molar-refractivity contribution is 0.392. The summed E-state index contributed by atoms with van der Waals surface area (Å²) in [7, 11) is 1.03. The van der Waals surface area contributed by atoms with Crippen LogP contribution >= 0.6 is 10.7 Å². The topological polar surface area (TPSA) is 34.1 Å². The molecule has 0 heterocycles. The molecule has 1 unspecified atom stereocenters. The van der Waals surface area contributed by atoms with E-state index in [1.165, 1.54) is 0 Å². The maximum Gasteiger partial charge on any atom is 0.235 e. The lowest BCUT2D eigenvalue weighted by Gasteiger charge is -1.93. The van der Waals surface area contributed by atoms with Gasteiger partial charge in [0.15, 0.2) is 0 Å². The first-order valence-corrected chi connectivity index (χ1v) is 4.46. The van der Waals surface area contributed by atoms with Crippen molar-refractivity contribution in [3.05, 3.63) is 0 Å². The zero-order valence-corrected chi connectivity index (χ0v) is 5.84. The summed E-state index contributed by atoms with van der Waals surface area (Å²) in [5.74, 6) is -0.603. The summed E-state index contributed by atoms with van der Waals surface area (Å²) < 4.78 is 31.7. The smallest absolute Gasteiger partial charge is 0.235 e. The van der Waals surface area contributed by atoms with Gasteiger partial charge in [-0.2, -0.15) is 0 Å². The molecule has 5 heteroatoms. The van der Waals surface area contributed by atoms with Crippen molar-refractivity contribution < 1.29 is 12.8 Å². The largest absolute Gasteiger partial charge is 0.247 e. The molecule has 0 fully saturated rings. The fraction of sp³-hybridized carbons (Fsp3) is 1.00. The molecule has 2 nitrogen and oxygen atoms in total. The Balaban J connectivity index is 3.75. The molecule has 0 saturated carbocycles. The highest BCUT2D eigenvalue weighted by molar-refractivity contribution is 8.13. The molecule has 0 aliphatic heterocycles. The van der Waals surface area contributed by atoms with Gasteiger partial charge >= 0.3 is 0 Å². The quantitative estimate of drug-likeness (QED) is 0.563. The van der Waals surface area contributed by atoms with Crippen molar-refractivity contribution in [2.45, 2.75) is 13.1 Å². The normalized spacial score (nSPS) is 15.9. The zero-order valence-electron chi connectivity index (χ0n) is 4.27. The van der Waals surface area contributed by atoms with E-state index in [-0.39, 0.29) is 0 Å². The molecule has 0 amide bonds. The number of halogens is 2. The van der Waals surface area contributed by atoms with Gasteiger partial charge in [0, 0.05) is 10.7 Å². The Bertz CT molecular complexity index is 151. The first kappa shape index (κ1) is 8.17. The fourth-order valence-electron chi connectivity index (χ4n) is 0.274. The summed E-state index contributed by atoms with van der Waals surface area (Å²) in [5.41, 5.74) is 0. The van der Waals surface area contributed by atoms with E-state index in [4.69, 9.17) is 0 Å². The minimum Gasteiger partial charge on any atom is -0.247 e. The molecule has 0 aliphatic carbocycles. The molecule has 0 radical (unpaired) electrons. The average molecular weight is 161 g/mol. The molecule has 0 aromatic carbocycles. The van der Waals surface area contributed by atoms with Crippen LogP contribution in [0.1, 0.15) is 6.92 Å². The molecule has 0 aliphatic rings. The van der Waals surface area contributed by atoms with Crippen molar-refractivity contribution in [2.75, 3.05) is 5.75 Å². The van der Waals surface area contributed by atoms with E-state index in [0.29, 0.717) is 0 Å². The second kappa shape index (κ2) is 2.64. The Kier molecular flexibility index (Phi) is 2.70. The lowest BCUT2D eigenvalue weighted by Crippen LogP contribution is -2.07. The van der Waals surface area contributed by atoms with Crippen molar-refractivity contribution >= 4 is 19.7 Å². The van der Waals surface area contributed by atoms with Crippen molar-refractivity contribution in [3.63, 3.8) is 0 Å². The SMILES string of the molecule is CC(F)CS(=O)(=O)Cl. The van der Waals surface area contributed by atoms with Crippen LogP contribution in [-0.4, -0.2) is 20.3 Å². The van der Waals surface area contributed by atoms with E-state index in [9.17, 15) is 12.8 Å². The van der Waals surface area contributed by atoms with Gasteiger partial charge < -0.3 is 0 Å². The summed E-state index contributed by atoms with van der Waals surface area (Å²) in [5, 5.41) is 0. The van der Waals surface area contributed by atoms with E-state index in [1.54, 1.807) is 0 Å². The summed E-state index contributed by atoms with van der Waals surface area (Å²) in [6.45, 7) is 1.14. The molecule has 8 heavy (non-hydrogen) atoms. The van der Waals surface area contributed by atoms with E-state index < -0.39 is 21.0 Å². The second-order valence-electron chi connectivity index (χ2n) is 1.49. The molecular weight excluding hydrogens is 155 g/mol. The van der Waals surface area contributed by atoms with Gasteiger partial charge in [0.25, 0.3) is 0 Å². The summed E-state index contributed by atoms with van der Waals surface area (Å²) >= 11 is 0. The van der Waals surface area contributed by atoms with Crippen LogP contribution in [0.15, 0.2) is 0 Å². The van der Waals surface area contributed by atoms with Crippen LogP contribution in [0.3, 0.4) is 0 Å². The predicted octanol–water partition coefficient (Wildman–Crippen LogP) is 0.913. The highest BCUT2D eigenvalue weighted by Gasteiger charge is 2.09. The van der Waals surface area contributed by atoms with Gasteiger partial charge in [0.2, 0.25) is 9.05 Å². The molecule has 0 aromatic heterocycles. The Morgan fingerprint density at radius 1 is 1.75 bits per heavy atom. The highest BCUT2D eigenvalue weighted by Crippen LogP contribution is 2.00. The van der Waals surface area contributed by atoms with Gasteiger partial charge in [0.05, 0.1) is 5.75 Å². The molecule has 50 valence electrons. The Morgan fingerprint density at radius 3 is 2.12 bits per heavy atom. The number of hydrogen-bond acceptors (Lipinski definition) is 2. The third kappa shape index (κ3) is 6.17. The van der Waals surface area contributed by atoms with Crippen molar-refractivity contribution in [1.29, 1.82) is 0 Å². The minimum absolute atomic E-state index is 0.603. The molecule has 0 saturated heterocycles. The van der Waals surface area contributed by atoms with E-state index in [0.717, 1.165) is 6.92 Å². The fourth-order valence-corrected chi connectivity index (χ4v) is 1.34. The number of rotatable bonds is 2. The van der Waals surface area contributed by atoms with E-state index in [1.807, 2.05) is 0 Å². The predicted molar refractivity (Wildman–Crippen MR) is 30.2 cm³/mol. The van der Waals surface area contributed by atoms with Gasteiger partial charge in [-0.15, -0.1) is 0 Å². The molecule has 0 N–H and O–H groups in total. The Hall–Kier alpha value is 0.170. The van der Waals surface area contributed by atoms with Crippen LogP contribution in [0.25, 0.3) is 0 Å². The third-order valence-electron chi connectivity index (χ3n) is 0.429. The maximum absolute atomic E-state index is 11.7. The summed E-state index contributed by atoms with van der Waals surface area (Å²) in [6.07, 6.45) is -1.38. The second-order valence-corrected chi connectivity index (χ2v) is 4.31. The standard InChI is InChI=1S/C3H6ClFO2S/c1-3(5)2-8(4,6)7/h3H,2H2,1H3. The lowest BCUT2D eigenvalue weighted by atomic mass is 10.5. The van der Waals surface area contributed by atoms with Crippen molar-refractivity contribution in [2.24, 2.45) is 0 Å². The first-order valence-electron chi connectivity index (χ1n) is 1.98. The van der Waals surface area contributed by atoms with Crippen LogP contribution in [0.5, 0.6) is 0 Å². The Morgan fingerprint density at radius 2 is 2.12 bits per heavy atom. The monoisotopic (exact) mass is 160 g/mol. The first-order chi connectivity index (χ1) is 3.42. The molecule has 0 aromatic rings. The van der Waals surface area contributed by atoms with Gasteiger partial charge in [-0.05, 0) is 6.92 Å². The van der Waals surface area contributed by atoms with Gasteiger partial charge in [-0.1, -0.05) is 0 Å². The third-order valence-corrected chi connectivity index (χ3v) is 1.66. The molecule has 1 atom stereocenters. The molecule has 0 bridgehead atoms. The molecule has 0 spiro atoms. The van der Waals surface area contributed by atoms with Crippen LogP contribution in [0, 0.1) is 0 Å². The van der Waals surface area contributed by atoms with E-state index in [2.05, 4.69) is 10.7 Å². The highest BCUT2D eigenvalue weighted by atomic mass is 35.7. The van der Waals surface area contributed by atoms with Crippen LogP contribution in [-0.2, 0) is 9.05 Å².